The van der Waals surface area contributed by atoms with Gasteiger partial charge in [-0.15, -0.1) is 0 Å². The summed E-state index contributed by atoms with van der Waals surface area (Å²) in [6.45, 7) is -0.473. The second kappa shape index (κ2) is 8.73. The molecule has 1 aliphatic rings. The summed E-state index contributed by atoms with van der Waals surface area (Å²) in [6, 6.07) is 8.10. The average molecular weight is 387 g/mol. The van der Waals surface area contributed by atoms with Crippen LogP contribution < -0.4 is 5.32 Å². The maximum atomic E-state index is 13.5. The number of carbonyl (C=O) groups excluding carboxylic acids is 3. The molecule has 0 saturated carbocycles. The van der Waals surface area contributed by atoms with E-state index in [0.717, 1.165) is 37.0 Å². The molecule has 1 aliphatic carbocycles. The van der Waals surface area contributed by atoms with E-state index in [0.29, 0.717) is 11.6 Å². The third-order valence-corrected chi connectivity index (χ3v) is 4.58. The summed E-state index contributed by atoms with van der Waals surface area (Å²) >= 11 is 0. The minimum absolute atomic E-state index is 0.0957. The molecular formula is C21H19F2NO4. The summed E-state index contributed by atoms with van der Waals surface area (Å²) in [6.07, 6.45) is 2.87. The maximum Gasteiger partial charge on any atom is 0.308 e. The first-order chi connectivity index (χ1) is 13.4. The number of amides is 1. The molecule has 1 N–H and O–H groups in total. The Morgan fingerprint density at radius 3 is 2.57 bits per heavy atom. The molecule has 7 heteroatoms. The van der Waals surface area contributed by atoms with Gasteiger partial charge in [-0.3, -0.25) is 14.4 Å². The van der Waals surface area contributed by atoms with E-state index in [1.807, 2.05) is 12.1 Å². The van der Waals surface area contributed by atoms with Crippen LogP contribution in [0.1, 0.15) is 44.7 Å². The van der Waals surface area contributed by atoms with Crippen molar-refractivity contribution in [3.63, 3.8) is 0 Å². The Morgan fingerprint density at radius 2 is 1.79 bits per heavy atom. The second-order valence-electron chi connectivity index (χ2n) is 6.55. The Kier molecular flexibility index (Phi) is 6.13. The molecule has 2 aromatic carbocycles. The highest BCUT2D eigenvalue weighted by Crippen LogP contribution is 2.23. The Balaban J connectivity index is 1.42. The minimum atomic E-state index is -0.986. The summed E-state index contributed by atoms with van der Waals surface area (Å²) in [5, 5.41) is 2.35. The third kappa shape index (κ3) is 4.79. The fourth-order valence-electron chi connectivity index (χ4n) is 3.09. The Labute approximate surface area is 160 Å². The summed E-state index contributed by atoms with van der Waals surface area (Å²) < 4.78 is 31.3. The van der Waals surface area contributed by atoms with Crippen LogP contribution in [0.5, 0.6) is 0 Å². The van der Waals surface area contributed by atoms with Crippen molar-refractivity contribution >= 4 is 17.7 Å². The molecule has 0 atom stereocenters. The predicted octanol–water partition coefficient (Wildman–Crippen LogP) is 3.00. The van der Waals surface area contributed by atoms with Gasteiger partial charge in [-0.05, 0) is 48.6 Å². The van der Waals surface area contributed by atoms with E-state index < -0.39 is 23.5 Å². The highest BCUT2D eigenvalue weighted by atomic mass is 19.1. The number of ketones is 1. The van der Waals surface area contributed by atoms with E-state index in [2.05, 4.69) is 5.32 Å². The van der Waals surface area contributed by atoms with Gasteiger partial charge in [0.05, 0.1) is 12.0 Å². The number of halogens is 2. The van der Waals surface area contributed by atoms with E-state index in [1.54, 1.807) is 6.07 Å². The number of fused-ring (bicyclic) bond motifs is 1. The van der Waals surface area contributed by atoms with Gasteiger partial charge in [0.2, 0.25) is 0 Å². The molecule has 0 unspecified atom stereocenters. The van der Waals surface area contributed by atoms with Gasteiger partial charge >= 0.3 is 5.97 Å². The lowest BCUT2D eigenvalue weighted by Gasteiger charge is -2.08. The standard InChI is InChI=1S/C21H19F2NO4/c22-16-6-7-17(18(23)11-16)21(27)24-9-8-20(26)28-12-19(25)15-5-4-13-2-1-3-14(13)10-15/h4-7,10-11H,1-3,8-9,12H2,(H,24,27). The molecule has 0 fully saturated rings. The van der Waals surface area contributed by atoms with Gasteiger partial charge in [-0.1, -0.05) is 12.1 Å². The number of nitrogens with one attached hydrogen (secondary N) is 1. The molecule has 3 rings (SSSR count). The number of hydrogen-bond donors (Lipinski definition) is 1. The zero-order valence-corrected chi connectivity index (χ0v) is 15.1. The third-order valence-electron chi connectivity index (χ3n) is 4.58. The van der Waals surface area contributed by atoms with Crippen molar-refractivity contribution in [3.05, 3.63) is 70.3 Å². The normalized spacial score (nSPS) is 12.4. The molecular weight excluding hydrogens is 368 g/mol. The van der Waals surface area contributed by atoms with Crippen LogP contribution in [0, 0.1) is 11.6 Å². The van der Waals surface area contributed by atoms with Crippen LogP contribution in [0.15, 0.2) is 36.4 Å². The maximum absolute atomic E-state index is 13.5. The zero-order chi connectivity index (χ0) is 20.1. The van der Waals surface area contributed by atoms with Crippen LogP contribution in [0.2, 0.25) is 0 Å². The molecule has 0 saturated heterocycles. The number of rotatable bonds is 7. The summed E-state index contributed by atoms with van der Waals surface area (Å²) in [4.78, 5) is 35.7. The van der Waals surface area contributed by atoms with Crippen molar-refractivity contribution < 1.29 is 27.9 Å². The van der Waals surface area contributed by atoms with Gasteiger partial charge in [0, 0.05) is 18.2 Å². The SMILES string of the molecule is O=C(CCNC(=O)c1ccc(F)cc1F)OCC(=O)c1ccc2c(c1)CCC2. The molecule has 1 amide bonds. The number of Topliss-reactive ketones (excluding diaryl/α,β-unsaturated/α-hetero) is 1. The quantitative estimate of drug-likeness (QED) is 0.586. The molecule has 0 aliphatic heterocycles. The molecule has 0 radical (unpaired) electrons. The number of aryl methyl sites for hydroxylation is 2. The highest BCUT2D eigenvalue weighted by molar-refractivity contribution is 5.98. The van der Waals surface area contributed by atoms with Crippen molar-refractivity contribution in [1.82, 2.24) is 5.32 Å². The monoisotopic (exact) mass is 387 g/mol. The van der Waals surface area contributed by atoms with Crippen molar-refractivity contribution in [2.75, 3.05) is 13.2 Å². The largest absolute Gasteiger partial charge is 0.457 e. The molecule has 2 aromatic rings. The van der Waals surface area contributed by atoms with Crippen LogP contribution in [0.25, 0.3) is 0 Å². The van der Waals surface area contributed by atoms with Gasteiger partial charge in [0.25, 0.3) is 5.91 Å². The lowest BCUT2D eigenvalue weighted by atomic mass is 10.0. The van der Waals surface area contributed by atoms with Crippen molar-refractivity contribution in [2.24, 2.45) is 0 Å². The van der Waals surface area contributed by atoms with E-state index >= 15 is 0 Å². The number of benzene rings is 2. The highest BCUT2D eigenvalue weighted by Gasteiger charge is 2.16. The Hall–Kier alpha value is -3.09. The number of carbonyl (C=O) groups is 3. The van der Waals surface area contributed by atoms with Crippen LogP contribution in [-0.4, -0.2) is 30.8 Å². The van der Waals surface area contributed by atoms with E-state index in [4.69, 9.17) is 4.74 Å². The van der Waals surface area contributed by atoms with Crippen LogP contribution in [0.4, 0.5) is 8.78 Å². The van der Waals surface area contributed by atoms with E-state index in [1.165, 1.54) is 5.56 Å². The second-order valence-corrected chi connectivity index (χ2v) is 6.55. The first-order valence-corrected chi connectivity index (χ1v) is 8.98. The first kappa shape index (κ1) is 19.7. The zero-order valence-electron chi connectivity index (χ0n) is 15.1. The predicted molar refractivity (Wildman–Crippen MR) is 97.1 cm³/mol. The summed E-state index contributed by atoms with van der Waals surface area (Å²) in [5.41, 5.74) is 2.60. The van der Waals surface area contributed by atoms with Crippen LogP contribution >= 0.6 is 0 Å². The topological polar surface area (TPSA) is 72.5 Å². The average Bonchev–Trinajstić information content (AvgIpc) is 3.13. The van der Waals surface area contributed by atoms with Gasteiger partial charge in [-0.2, -0.15) is 0 Å². The van der Waals surface area contributed by atoms with Crippen LogP contribution in [0.3, 0.4) is 0 Å². The summed E-state index contributed by atoms with van der Waals surface area (Å²) in [7, 11) is 0. The fourth-order valence-corrected chi connectivity index (χ4v) is 3.09. The fraction of sp³-hybridized carbons (Fsp3) is 0.286. The molecule has 0 bridgehead atoms. The Morgan fingerprint density at radius 1 is 1.00 bits per heavy atom. The molecule has 5 nitrogen and oxygen atoms in total. The van der Waals surface area contributed by atoms with Crippen molar-refractivity contribution in [3.8, 4) is 0 Å². The number of hydrogen-bond acceptors (Lipinski definition) is 4. The molecule has 0 heterocycles. The van der Waals surface area contributed by atoms with Gasteiger partial charge in [0.15, 0.2) is 12.4 Å². The lowest BCUT2D eigenvalue weighted by Crippen LogP contribution is -2.27. The van der Waals surface area contributed by atoms with Crippen molar-refractivity contribution in [2.45, 2.75) is 25.7 Å². The van der Waals surface area contributed by atoms with Crippen LogP contribution in [-0.2, 0) is 22.4 Å². The van der Waals surface area contributed by atoms with E-state index in [9.17, 15) is 23.2 Å². The lowest BCUT2D eigenvalue weighted by molar-refractivity contribution is -0.142. The first-order valence-electron chi connectivity index (χ1n) is 8.98. The van der Waals surface area contributed by atoms with Gasteiger partial charge in [0.1, 0.15) is 11.6 Å². The number of ether oxygens (including phenoxy) is 1. The molecule has 0 spiro atoms. The van der Waals surface area contributed by atoms with Gasteiger partial charge < -0.3 is 10.1 Å². The van der Waals surface area contributed by atoms with Gasteiger partial charge in [-0.25, -0.2) is 8.78 Å². The summed E-state index contributed by atoms with van der Waals surface area (Å²) in [5.74, 6) is -3.49. The smallest absolute Gasteiger partial charge is 0.308 e. The Bertz CT molecular complexity index is 927. The minimum Gasteiger partial charge on any atom is -0.457 e. The van der Waals surface area contributed by atoms with Crippen molar-refractivity contribution in [1.29, 1.82) is 0 Å². The molecule has 0 aromatic heterocycles. The number of esters is 1. The molecule has 28 heavy (non-hydrogen) atoms. The van der Waals surface area contributed by atoms with E-state index in [-0.39, 0.29) is 30.9 Å². The molecule has 146 valence electrons.